The van der Waals surface area contributed by atoms with Gasteiger partial charge in [0.1, 0.15) is 5.82 Å². The van der Waals surface area contributed by atoms with Gasteiger partial charge in [-0.15, -0.1) is 11.3 Å². The SMILES string of the molecule is Clc1ccc2scc(CN3CCN(c4ccccn4)CC3)c2c1. The van der Waals surface area contributed by atoms with Crippen molar-refractivity contribution in [3.05, 3.63) is 58.6 Å². The summed E-state index contributed by atoms with van der Waals surface area (Å²) in [4.78, 5) is 9.32. The Morgan fingerprint density at radius 1 is 1.09 bits per heavy atom. The minimum absolute atomic E-state index is 0.817. The fourth-order valence-corrected chi connectivity index (χ4v) is 4.20. The highest BCUT2D eigenvalue weighted by molar-refractivity contribution is 7.17. The molecule has 5 heteroatoms. The van der Waals surface area contributed by atoms with Gasteiger partial charge in [0.15, 0.2) is 0 Å². The summed E-state index contributed by atoms with van der Waals surface area (Å²) in [5.74, 6) is 1.08. The Hall–Kier alpha value is -1.62. The minimum atomic E-state index is 0.817. The zero-order valence-corrected chi connectivity index (χ0v) is 14.4. The first-order valence-electron chi connectivity index (χ1n) is 7.83. The Morgan fingerprint density at radius 2 is 1.96 bits per heavy atom. The number of thiophene rings is 1. The van der Waals surface area contributed by atoms with Crippen LogP contribution in [0.25, 0.3) is 10.1 Å². The molecule has 1 aliphatic heterocycles. The lowest BCUT2D eigenvalue weighted by Crippen LogP contribution is -2.46. The van der Waals surface area contributed by atoms with Gasteiger partial charge in [-0.05, 0) is 46.7 Å². The van der Waals surface area contributed by atoms with E-state index in [0.717, 1.165) is 43.6 Å². The summed E-state index contributed by atoms with van der Waals surface area (Å²) in [6.45, 7) is 5.18. The van der Waals surface area contributed by atoms with Gasteiger partial charge >= 0.3 is 0 Å². The van der Waals surface area contributed by atoms with Gasteiger partial charge in [-0.25, -0.2) is 4.98 Å². The van der Waals surface area contributed by atoms with Crippen LogP contribution in [0.15, 0.2) is 48.0 Å². The molecule has 0 amide bonds. The second-order valence-corrected chi connectivity index (χ2v) is 7.20. The first-order chi connectivity index (χ1) is 11.3. The van der Waals surface area contributed by atoms with E-state index in [9.17, 15) is 0 Å². The Bertz CT molecular complexity index is 794. The number of nitrogens with zero attached hydrogens (tertiary/aromatic N) is 3. The molecule has 0 radical (unpaired) electrons. The van der Waals surface area contributed by atoms with Gasteiger partial charge in [-0.2, -0.15) is 0 Å². The number of aromatic nitrogens is 1. The van der Waals surface area contributed by atoms with Crippen LogP contribution in [0.5, 0.6) is 0 Å². The van der Waals surface area contributed by atoms with Crippen LogP contribution < -0.4 is 4.90 Å². The highest BCUT2D eigenvalue weighted by atomic mass is 35.5. The molecule has 3 nitrogen and oxygen atoms in total. The molecule has 1 aliphatic rings. The average Bonchev–Trinajstić information content (AvgIpc) is 2.98. The van der Waals surface area contributed by atoms with E-state index in [0.29, 0.717) is 0 Å². The van der Waals surface area contributed by atoms with Gasteiger partial charge in [0.05, 0.1) is 0 Å². The quantitative estimate of drug-likeness (QED) is 0.708. The maximum absolute atomic E-state index is 6.15. The molecule has 2 aromatic heterocycles. The lowest BCUT2D eigenvalue weighted by Gasteiger charge is -2.35. The molecule has 3 aromatic rings. The third kappa shape index (κ3) is 3.20. The zero-order valence-electron chi connectivity index (χ0n) is 12.8. The molecule has 0 bridgehead atoms. The number of pyridine rings is 1. The van der Waals surface area contributed by atoms with E-state index in [1.165, 1.54) is 15.6 Å². The van der Waals surface area contributed by atoms with Crippen LogP contribution in [0, 0.1) is 0 Å². The van der Waals surface area contributed by atoms with E-state index in [1.807, 2.05) is 18.3 Å². The van der Waals surface area contributed by atoms with Gasteiger partial charge in [-0.1, -0.05) is 17.7 Å². The molecular formula is C18H18ClN3S. The van der Waals surface area contributed by atoms with Crippen LogP contribution in [0.2, 0.25) is 5.02 Å². The molecule has 0 aliphatic carbocycles. The van der Waals surface area contributed by atoms with Crippen molar-refractivity contribution in [3.8, 4) is 0 Å². The lowest BCUT2D eigenvalue weighted by molar-refractivity contribution is 0.250. The molecule has 23 heavy (non-hydrogen) atoms. The number of fused-ring (bicyclic) bond motifs is 1. The summed E-state index contributed by atoms with van der Waals surface area (Å²) in [7, 11) is 0. The molecular weight excluding hydrogens is 326 g/mol. The van der Waals surface area contributed by atoms with Crippen molar-refractivity contribution < 1.29 is 0 Å². The number of piperazine rings is 1. The standard InChI is InChI=1S/C18H18ClN3S/c19-15-4-5-17-16(11-15)14(13-23-17)12-21-7-9-22(10-8-21)18-3-1-2-6-20-18/h1-6,11,13H,7-10,12H2. The minimum Gasteiger partial charge on any atom is -0.354 e. The highest BCUT2D eigenvalue weighted by Crippen LogP contribution is 2.29. The summed E-state index contributed by atoms with van der Waals surface area (Å²) in [5.41, 5.74) is 1.39. The fourth-order valence-electron chi connectivity index (χ4n) is 3.09. The van der Waals surface area contributed by atoms with Crippen LogP contribution in [0.3, 0.4) is 0 Å². The fraction of sp³-hybridized carbons (Fsp3) is 0.278. The molecule has 4 rings (SSSR count). The third-order valence-corrected chi connectivity index (χ3v) is 5.60. The Morgan fingerprint density at radius 3 is 2.74 bits per heavy atom. The summed E-state index contributed by atoms with van der Waals surface area (Å²) in [6.07, 6.45) is 1.86. The first-order valence-corrected chi connectivity index (χ1v) is 9.09. The van der Waals surface area contributed by atoms with Crippen LogP contribution in [-0.4, -0.2) is 36.1 Å². The van der Waals surface area contributed by atoms with E-state index in [2.05, 4.69) is 44.4 Å². The maximum Gasteiger partial charge on any atom is 0.128 e. The second-order valence-electron chi connectivity index (χ2n) is 5.85. The van der Waals surface area contributed by atoms with Crippen molar-refractivity contribution in [2.24, 2.45) is 0 Å². The molecule has 0 unspecified atom stereocenters. The molecule has 118 valence electrons. The predicted molar refractivity (Wildman–Crippen MR) is 98.6 cm³/mol. The topological polar surface area (TPSA) is 19.4 Å². The highest BCUT2D eigenvalue weighted by Gasteiger charge is 2.19. The number of anilines is 1. The molecule has 0 saturated carbocycles. The molecule has 1 aromatic carbocycles. The van der Waals surface area contributed by atoms with Crippen molar-refractivity contribution in [3.63, 3.8) is 0 Å². The first kappa shape index (κ1) is 14.9. The van der Waals surface area contributed by atoms with Gasteiger partial charge in [0.25, 0.3) is 0 Å². The smallest absolute Gasteiger partial charge is 0.128 e. The maximum atomic E-state index is 6.15. The van der Waals surface area contributed by atoms with Crippen LogP contribution in [0.4, 0.5) is 5.82 Å². The Balaban J connectivity index is 1.44. The summed E-state index contributed by atoms with van der Waals surface area (Å²) < 4.78 is 1.32. The Kier molecular flexibility index (Phi) is 4.21. The second kappa shape index (κ2) is 6.48. The van der Waals surface area contributed by atoms with Crippen molar-refractivity contribution in [2.45, 2.75) is 6.54 Å². The summed E-state index contributed by atoms with van der Waals surface area (Å²) >= 11 is 7.96. The van der Waals surface area contributed by atoms with Gasteiger partial charge in [0.2, 0.25) is 0 Å². The Labute approximate surface area is 145 Å². The zero-order chi connectivity index (χ0) is 15.6. The monoisotopic (exact) mass is 343 g/mol. The van der Waals surface area contributed by atoms with Crippen molar-refractivity contribution in [1.82, 2.24) is 9.88 Å². The third-order valence-electron chi connectivity index (χ3n) is 4.36. The molecule has 0 atom stereocenters. The molecule has 0 spiro atoms. The van der Waals surface area contributed by atoms with Crippen molar-refractivity contribution in [1.29, 1.82) is 0 Å². The van der Waals surface area contributed by atoms with E-state index >= 15 is 0 Å². The average molecular weight is 344 g/mol. The van der Waals surface area contributed by atoms with Crippen molar-refractivity contribution >= 4 is 38.8 Å². The van der Waals surface area contributed by atoms with E-state index in [1.54, 1.807) is 11.3 Å². The molecule has 1 fully saturated rings. The van der Waals surface area contributed by atoms with Crippen LogP contribution in [0.1, 0.15) is 5.56 Å². The number of hydrogen-bond donors (Lipinski definition) is 0. The van der Waals surface area contributed by atoms with Gasteiger partial charge in [0, 0.05) is 48.6 Å². The van der Waals surface area contributed by atoms with Gasteiger partial charge in [-0.3, -0.25) is 4.90 Å². The number of benzene rings is 1. The van der Waals surface area contributed by atoms with Crippen LogP contribution in [-0.2, 0) is 6.54 Å². The number of halogens is 1. The van der Waals surface area contributed by atoms with Crippen molar-refractivity contribution in [2.75, 3.05) is 31.1 Å². The molecule has 1 saturated heterocycles. The molecule has 3 heterocycles. The normalized spacial score (nSPS) is 16.1. The number of rotatable bonds is 3. The van der Waals surface area contributed by atoms with Gasteiger partial charge < -0.3 is 4.90 Å². The lowest BCUT2D eigenvalue weighted by atomic mass is 10.1. The largest absolute Gasteiger partial charge is 0.354 e. The molecule has 0 N–H and O–H groups in total. The number of hydrogen-bond acceptors (Lipinski definition) is 4. The predicted octanol–water partition coefficient (Wildman–Crippen LogP) is 4.27. The van der Waals surface area contributed by atoms with E-state index in [4.69, 9.17) is 11.6 Å². The summed E-state index contributed by atoms with van der Waals surface area (Å²) in [6, 6.07) is 12.3. The van der Waals surface area contributed by atoms with Crippen LogP contribution >= 0.6 is 22.9 Å². The van der Waals surface area contributed by atoms with E-state index < -0.39 is 0 Å². The van der Waals surface area contributed by atoms with E-state index in [-0.39, 0.29) is 0 Å². The summed E-state index contributed by atoms with van der Waals surface area (Å²) in [5, 5.41) is 4.39.